The molecule has 0 atom stereocenters. The molecule has 0 aromatic rings. The molecule has 0 aliphatic heterocycles. The molecule has 1 amide bonds. The van der Waals surface area contributed by atoms with Gasteiger partial charge in [0.05, 0.1) is 6.61 Å². The fourth-order valence-corrected chi connectivity index (χ4v) is 0.794. The molecule has 0 saturated heterocycles. The molecule has 1 N–H and O–H groups in total. The summed E-state index contributed by atoms with van der Waals surface area (Å²) < 4.78 is 4.90. The summed E-state index contributed by atoms with van der Waals surface area (Å²) in [4.78, 5) is 10.9. The summed E-state index contributed by atoms with van der Waals surface area (Å²) in [6, 6.07) is 0.156. The average Bonchev–Trinajstić information content (AvgIpc) is 1.97. The molecule has 0 saturated carbocycles. The predicted molar refractivity (Wildman–Crippen MR) is 49.1 cm³/mol. The lowest BCUT2D eigenvalue weighted by Crippen LogP contribution is -2.30. The van der Waals surface area contributed by atoms with E-state index in [2.05, 4.69) is 12.2 Å². The monoisotopic (exact) mass is 173 g/mol. The Labute approximate surface area is 74.5 Å². The second-order valence-corrected chi connectivity index (χ2v) is 3.14. The highest BCUT2D eigenvalue weighted by atomic mass is 16.5. The lowest BCUT2D eigenvalue weighted by molar-refractivity contribution is 0.141. The van der Waals surface area contributed by atoms with Gasteiger partial charge in [0.1, 0.15) is 0 Å². The molecule has 0 aliphatic carbocycles. The summed E-state index contributed by atoms with van der Waals surface area (Å²) in [5.41, 5.74) is 0. The van der Waals surface area contributed by atoms with Crippen LogP contribution in [0.2, 0.25) is 0 Å². The van der Waals surface area contributed by atoms with E-state index in [0.717, 1.165) is 19.3 Å². The highest BCUT2D eigenvalue weighted by Gasteiger charge is 2.01. The van der Waals surface area contributed by atoms with Crippen LogP contribution in [0.1, 0.15) is 40.0 Å². The Morgan fingerprint density at radius 3 is 2.58 bits per heavy atom. The molecule has 12 heavy (non-hydrogen) atoms. The second kappa shape index (κ2) is 6.95. The van der Waals surface area contributed by atoms with E-state index in [1.165, 1.54) is 0 Å². The van der Waals surface area contributed by atoms with Crippen molar-refractivity contribution in [2.45, 2.75) is 46.1 Å². The number of hydrogen-bond acceptors (Lipinski definition) is 2. The summed E-state index contributed by atoms with van der Waals surface area (Å²) >= 11 is 0. The van der Waals surface area contributed by atoms with Crippen LogP contribution in [0, 0.1) is 0 Å². The summed E-state index contributed by atoms with van der Waals surface area (Å²) in [5.74, 6) is 0. The fourth-order valence-electron chi connectivity index (χ4n) is 0.794. The lowest BCUT2D eigenvalue weighted by Gasteiger charge is -2.08. The van der Waals surface area contributed by atoms with Crippen molar-refractivity contribution in [3.63, 3.8) is 0 Å². The van der Waals surface area contributed by atoms with Crippen molar-refractivity contribution < 1.29 is 9.53 Å². The summed E-state index contributed by atoms with van der Waals surface area (Å²) in [5, 5.41) is 2.66. The third kappa shape index (κ3) is 7.38. The fraction of sp³-hybridized carbons (Fsp3) is 0.889. The Bertz CT molecular complexity index is 124. The second-order valence-electron chi connectivity index (χ2n) is 3.14. The minimum atomic E-state index is -0.305. The van der Waals surface area contributed by atoms with Gasteiger partial charge >= 0.3 is 6.09 Å². The van der Waals surface area contributed by atoms with Crippen molar-refractivity contribution in [1.29, 1.82) is 0 Å². The van der Waals surface area contributed by atoms with Gasteiger partial charge in [0.15, 0.2) is 0 Å². The molecule has 0 spiro atoms. The number of ether oxygens (including phenoxy) is 1. The molecule has 0 unspecified atom stereocenters. The van der Waals surface area contributed by atoms with Gasteiger partial charge in [0, 0.05) is 6.04 Å². The van der Waals surface area contributed by atoms with E-state index >= 15 is 0 Å². The summed E-state index contributed by atoms with van der Waals surface area (Å²) in [7, 11) is 0. The Kier molecular flexibility index (Phi) is 6.53. The topological polar surface area (TPSA) is 38.3 Å². The molecule has 0 radical (unpaired) electrons. The van der Waals surface area contributed by atoms with Crippen molar-refractivity contribution in [1.82, 2.24) is 5.32 Å². The zero-order valence-corrected chi connectivity index (χ0v) is 8.22. The number of amides is 1. The molecule has 0 aromatic heterocycles. The maximum Gasteiger partial charge on any atom is 0.407 e. The standard InChI is InChI=1S/C9H19NO2/c1-4-5-6-7-12-9(11)10-8(2)3/h8H,4-7H2,1-3H3,(H,10,11). The van der Waals surface area contributed by atoms with Crippen LogP contribution in [0.5, 0.6) is 0 Å². The Balaban J connectivity index is 3.20. The minimum absolute atomic E-state index is 0.156. The molecular formula is C9H19NO2. The molecule has 0 aromatic carbocycles. The highest BCUT2D eigenvalue weighted by molar-refractivity contribution is 5.67. The Hall–Kier alpha value is -0.730. The number of alkyl carbamates (subject to hydrolysis) is 1. The molecule has 0 fully saturated rings. The van der Waals surface area contributed by atoms with Crippen LogP contribution in [-0.4, -0.2) is 18.7 Å². The van der Waals surface area contributed by atoms with Crippen LogP contribution < -0.4 is 5.32 Å². The molecular weight excluding hydrogens is 154 g/mol. The molecule has 0 aliphatic rings. The maximum absolute atomic E-state index is 10.9. The first-order valence-electron chi connectivity index (χ1n) is 4.60. The summed E-state index contributed by atoms with van der Waals surface area (Å²) in [6.07, 6.45) is 2.92. The van der Waals surface area contributed by atoms with Gasteiger partial charge < -0.3 is 10.1 Å². The third-order valence-corrected chi connectivity index (χ3v) is 1.39. The smallest absolute Gasteiger partial charge is 0.407 e. The SMILES string of the molecule is CCCCCOC(=O)NC(C)C. The van der Waals surface area contributed by atoms with E-state index in [1.54, 1.807) is 0 Å². The Morgan fingerprint density at radius 1 is 1.42 bits per heavy atom. The van der Waals surface area contributed by atoms with Crippen LogP contribution >= 0.6 is 0 Å². The number of carbonyl (C=O) groups excluding carboxylic acids is 1. The number of rotatable bonds is 5. The van der Waals surface area contributed by atoms with Crippen LogP contribution in [0.25, 0.3) is 0 Å². The largest absolute Gasteiger partial charge is 0.450 e. The molecule has 72 valence electrons. The van der Waals surface area contributed by atoms with Gasteiger partial charge in [-0.05, 0) is 20.3 Å². The molecule has 0 rings (SSSR count). The van der Waals surface area contributed by atoms with Gasteiger partial charge in [-0.2, -0.15) is 0 Å². The van der Waals surface area contributed by atoms with E-state index < -0.39 is 0 Å². The molecule has 3 heteroatoms. The van der Waals surface area contributed by atoms with Gasteiger partial charge in [0.25, 0.3) is 0 Å². The van der Waals surface area contributed by atoms with Gasteiger partial charge in [-0.15, -0.1) is 0 Å². The minimum Gasteiger partial charge on any atom is -0.450 e. The van der Waals surface area contributed by atoms with Gasteiger partial charge in [-0.3, -0.25) is 0 Å². The zero-order chi connectivity index (χ0) is 9.40. The average molecular weight is 173 g/mol. The van der Waals surface area contributed by atoms with E-state index in [4.69, 9.17) is 4.74 Å². The number of nitrogens with one attached hydrogen (secondary N) is 1. The first kappa shape index (κ1) is 11.3. The number of carbonyl (C=O) groups is 1. The van der Waals surface area contributed by atoms with Crippen molar-refractivity contribution >= 4 is 6.09 Å². The van der Waals surface area contributed by atoms with E-state index in [-0.39, 0.29) is 12.1 Å². The van der Waals surface area contributed by atoms with Crippen LogP contribution in [0.4, 0.5) is 4.79 Å². The molecule has 0 heterocycles. The predicted octanol–water partition coefficient (Wildman–Crippen LogP) is 2.31. The zero-order valence-electron chi connectivity index (χ0n) is 8.22. The normalized spacial score (nSPS) is 10.0. The number of unbranched alkanes of at least 4 members (excludes halogenated alkanes) is 2. The molecule has 0 bridgehead atoms. The van der Waals surface area contributed by atoms with Gasteiger partial charge in [-0.25, -0.2) is 4.79 Å². The van der Waals surface area contributed by atoms with Crippen molar-refractivity contribution in [3.8, 4) is 0 Å². The van der Waals surface area contributed by atoms with Crippen molar-refractivity contribution in [3.05, 3.63) is 0 Å². The number of hydrogen-bond donors (Lipinski definition) is 1. The maximum atomic E-state index is 10.9. The van der Waals surface area contributed by atoms with Gasteiger partial charge in [0.2, 0.25) is 0 Å². The van der Waals surface area contributed by atoms with Crippen molar-refractivity contribution in [2.75, 3.05) is 6.61 Å². The van der Waals surface area contributed by atoms with E-state index in [9.17, 15) is 4.79 Å². The third-order valence-electron chi connectivity index (χ3n) is 1.39. The van der Waals surface area contributed by atoms with Crippen molar-refractivity contribution in [2.24, 2.45) is 0 Å². The Morgan fingerprint density at radius 2 is 2.08 bits per heavy atom. The quantitative estimate of drug-likeness (QED) is 0.648. The van der Waals surface area contributed by atoms with E-state index in [1.807, 2.05) is 13.8 Å². The molecule has 3 nitrogen and oxygen atoms in total. The lowest BCUT2D eigenvalue weighted by atomic mass is 10.3. The van der Waals surface area contributed by atoms with Crippen LogP contribution in [0.15, 0.2) is 0 Å². The van der Waals surface area contributed by atoms with Crippen LogP contribution in [-0.2, 0) is 4.74 Å². The first-order chi connectivity index (χ1) is 5.66. The highest BCUT2D eigenvalue weighted by Crippen LogP contribution is 1.94. The van der Waals surface area contributed by atoms with E-state index in [0.29, 0.717) is 6.61 Å². The van der Waals surface area contributed by atoms with Crippen LogP contribution in [0.3, 0.4) is 0 Å². The first-order valence-corrected chi connectivity index (χ1v) is 4.60. The summed E-state index contributed by atoms with van der Waals surface area (Å²) in [6.45, 7) is 6.47. The van der Waals surface area contributed by atoms with Gasteiger partial charge in [-0.1, -0.05) is 19.8 Å².